The molecule has 94 valence electrons. The van der Waals surface area contributed by atoms with Gasteiger partial charge in [0.15, 0.2) is 0 Å². The molecule has 0 bridgehead atoms. The van der Waals surface area contributed by atoms with Gasteiger partial charge in [-0.1, -0.05) is 13.8 Å². The van der Waals surface area contributed by atoms with Crippen LogP contribution in [0.4, 0.5) is 11.8 Å². The number of nitrogens with zero attached hydrogens (tertiary/aromatic N) is 3. The van der Waals surface area contributed by atoms with Gasteiger partial charge in [0, 0.05) is 31.4 Å². The second-order valence-corrected chi connectivity index (χ2v) is 4.97. The zero-order valence-corrected chi connectivity index (χ0v) is 11.0. The molecule has 1 aliphatic rings. The number of hydrogen-bond donors (Lipinski definition) is 1. The summed E-state index contributed by atoms with van der Waals surface area (Å²) >= 11 is 0. The number of aryl methyl sites for hydroxylation is 1. The highest BCUT2D eigenvalue weighted by molar-refractivity contribution is 5.49. The average Bonchev–Trinajstić information content (AvgIpc) is 2.75. The molecule has 0 amide bonds. The first-order chi connectivity index (χ1) is 8.20. The maximum absolute atomic E-state index is 4.63. The van der Waals surface area contributed by atoms with Crippen LogP contribution in [0.15, 0.2) is 6.20 Å². The van der Waals surface area contributed by atoms with Gasteiger partial charge in [-0.25, -0.2) is 4.98 Å². The van der Waals surface area contributed by atoms with Gasteiger partial charge in [0.05, 0.1) is 0 Å². The first-order valence-electron chi connectivity index (χ1n) is 6.53. The van der Waals surface area contributed by atoms with Crippen LogP contribution in [0.5, 0.6) is 0 Å². The number of hydrogen-bond acceptors (Lipinski definition) is 4. The van der Waals surface area contributed by atoms with Crippen LogP contribution in [0, 0.1) is 12.8 Å². The Labute approximate surface area is 103 Å². The highest BCUT2D eigenvalue weighted by atomic mass is 15.2. The second kappa shape index (κ2) is 5.34. The molecule has 1 N–H and O–H groups in total. The standard InChI is InChI=1S/C13H22N4/c1-4-6-14-13-15-8-11(3)12(16-13)17-7-5-10(2)9-17/h8,10H,4-7,9H2,1-3H3,(H,14,15,16). The third-order valence-corrected chi connectivity index (χ3v) is 3.20. The molecule has 0 aromatic carbocycles. The van der Waals surface area contributed by atoms with Gasteiger partial charge in [0.2, 0.25) is 5.95 Å². The molecule has 1 aliphatic heterocycles. The Morgan fingerprint density at radius 3 is 3.00 bits per heavy atom. The Balaban J connectivity index is 2.14. The van der Waals surface area contributed by atoms with Crippen molar-refractivity contribution in [2.75, 3.05) is 29.9 Å². The lowest BCUT2D eigenvalue weighted by Gasteiger charge is -2.19. The van der Waals surface area contributed by atoms with E-state index in [4.69, 9.17) is 0 Å². The molecule has 17 heavy (non-hydrogen) atoms. The van der Waals surface area contributed by atoms with Crippen molar-refractivity contribution < 1.29 is 0 Å². The Kier molecular flexibility index (Phi) is 3.82. The van der Waals surface area contributed by atoms with Crippen LogP contribution in [-0.4, -0.2) is 29.6 Å². The highest BCUT2D eigenvalue weighted by Crippen LogP contribution is 2.25. The quantitative estimate of drug-likeness (QED) is 0.869. The van der Waals surface area contributed by atoms with E-state index < -0.39 is 0 Å². The number of nitrogens with one attached hydrogen (secondary N) is 1. The molecule has 1 aromatic heterocycles. The Bertz CT molecular complexity index is 378. The molecule has 0 radical (unpaired) electrons. The molecule has 1 saturated heterocycles. The molecule has 2 rings (SSSR count). The fraction of sp³-hybridized carbons (Fsp3) is 0.692. The van der Waals surface area contributed by atoms with E-state index >= 15 is 0 Å². The maximum Gasteiger partial charge on any atom is 0.224 e. The minimum atomic E-state index is 0.756. The smallest absolute Gasteiger partial charge is 0.224 e. The van der Waals surface area contributed by atoms with E-state index in [-0.39, 0.29) is 0 Å². The molecule has 1 unspecified atom stereocenters. The summed E-state index contributed by atoms with van der Waals surface area (Å²) in [7, 11) is 0. The normalized spacial score (nSPS) is 19.7. The van der Waals surface area contributed by atoms with Crippen molar-refractivity contribution in [2.24, 2.45) is 5.92 Å². The molecular weight excluding hydrogens is 212 g/mol. The van der Waals surface area contributed by atoms with Crippen LogP contribution >= 0.6 is 0 Å². The molecule has 4 nitrogen and oxygen atoms in total. The van der Waals surface area contributed by atoms with Crippen molar-refractivity contribution in [3.05, 3.63) is 11.8 Å². The van der Waals surface area contributed by atoms with E-state index in [0.717, 1.165) is 43.7 Å². The summed E-state index contributed by atoms with van der Waals surface area (Å²) in [6.45, 7) is 9.69. The number of anilines is 2. The molecule has 0 spiro atoms. The summed E-state index contributed by atoms with van der Waals surface area (Å²) in [5.41, 5.74) is 1.17. The zero-order valence-electron chi connectivity index (χ0n) is 11.0. The van der Waals surface area contributed by atoms with Gasteiger partial charge in [-0.15, -0.1) is 0 Å². The van der Waals surface area contributed by atoms with Crippen LogP contribution in [-0.2, 0) is 0 Å². The molecule has 0 saturated carbocycles. The van der Waals surface area contributed by atoms with E-state index in [0.29, 0.717) is 0 Å². The highest BCUT2D eigenvalue weighted by Gasteiger charge is 2.21. The van der Waals surface area contributed by atoms with Crippen molar-refractivity contribution in [3.63, 3.8) is 0 Å². The Hall–Kier alpha value is -1.32. The molecule has 2 heterocycles. The van der Waals surface area contributed by atoms with Crippen LogP contribution in [0.25, 0.3) is 0 Å². The van der Waals surface area contributed by atoms with Crippen LogP contribution in [0.3, 0.4) is 0 Å². The largest absolute Gasteiger partial charge is 0.356 e. The minimum Gasteiger partial charge on any atom is -0.356 e. The molecular formula is C13H22N4. The van der Waals surface area contributed by atoms with Gasteiger partial charge in [0.1, 0.15) is 5.82 Å². The van der Waals surface area contributed by atoms with Crippen LogP contribution in [0.2, 0.25) is 0 Å². The van der Waals surface area contributed by atoms with E-state index in [1.807, 2.05) is 6.20 Å². The SMILES string of the molecule is CCCNc1ncc(C)c(N2CCC(C)C2)n1. The third kappa shape index (κ3) is 2.87. The van der Waals surface area contributed by atoms with Gasteiger partial charge < -0.3 is 10.2 Å². The van der Waals surface area contributed by atoms with Crippen LogP contribution < -0.4 is 10.2 Å². The van der Waals surface area contributed by atoms with E-state index in [1.165, 1.54) is 12.0 Å². The fourth-order valence-corrected chi connectivity index (χ4v) is 2.20. The summed E-state index contributed by atoms with van der Waals surface area (Å²) in [5.74, 6) is 2.63. The first-order valence-corrected chi connectivity index (χ1v) is 6.53. The Morgan fingerprint density at radius 2 is 2.35 bits per heavy atom. The zero-order chi connectivity index (χ0) is 12.3. The number of aromatic nitrogens is 2. The molecule has 0 aliphatic carbocycles. The first kappa shape index (κ1) is 12.1. The molecule has 4 heteroatoms. The monoisotopic (exact) mass is 234 g/mol. The lowest BCUT2D eigenvalue weighted by atomic mass is 10.2. The third-order valence-electron chi connectivity index (χ3n) is 3.20. The Morgan fingerprint density at radius 1 is 1.53 bits per heavy atom. The van der Waals surface area contributed by atoms with E-state index in [2.05, 4.69) is 41.0 Å². The van der Waals surface area contributed by atoms with Crippen molar-refractivity contribution >= 4 is 11.8 Å². The summed E-state index contributed by atoms with van der Waals surface area (Å²) in [5, 5.41) is 3.25. The van der Waals surface area contributed by atoms with E-state index in [1.54, 1.807) is 0 Å². The van der Waals surface area contributed by atoms with Crippen molar-refractivity contribution in [1.82, 2.24) is 9.97 Å². The van der Waals surface area contributed by atoms with Gasteiger partial charge in [-0.2, -0.15) is 4.98 Å². The maximum atomic E-state index is 4.63. The fourth-order valence-electron chi connectivity index (χ4n) is 2.20. The van der Waals surface area contributed by atoms with Crippen LogP contribution in [0.1, 0.15) is 32.3 Å². The molecule has 1 atom stereocenters. The predicted octanol–water partition coefficient (Wildman–Crippen LogP) is 2.45. The van der Waals surface area contributed by atoms with Crippen molar-refractivity contribution in [2.45, 2.75) is 33.6 Å². The lowest BCUT2D eigenvalue weighted by molar-refractivity contribution is 0.658. The molecule has 1 aromatic rings. The lowest BCUT2D eigenvalue weighted by Crippen LogP contribution is -2.22. The van der Waals surface area contributed by atoms with Crippen molar-refractivity contribution in [3.8, 4) is 0 Å². The topological polar surface area (TPSA) is 41.1 Å². The number of rotatable bonds is 4. The van der Waals surface area contributed by atoms with E-state index in [9.17, 15) is 0 Å². The van der Waals surface area contributed by atoms with Gasteiger partial charge in [-0.3, -0.25) is 0 Å². The predicted molar refractivity (Wildman–Crippen MR) is 71.5 cm³/mol. The van der Waals surface area contributed by atoms with Gasteiger partial charge in [-0.05, 0) is 25.7 Å². The summed E-state index contributed by atoms with van der Waals surface area (Å²) in [4.78, 5) is 11.3. The summed E-state index contributed by atoms with van der Waals surface area (Å²) in [6, 6.07) is 0. The second-order valence-electron chi connectivity index (χ2n) is 4.97. The summed E-state index contributed by atoms with van der Waals surface area (Å²) < 4.78 is 0. The average molecular weight is 234 g/mol. The van der Waals surface area contributed by atoms with Crippen molar-refractivity contribution in [1.29, 1.82) is 0 Å². The summed E-state index contributed by atoms with van der Waals surface area (Å²) in [6.07, 6.45) is 4.28. The van der Waals surface area contributed by atoms with Gasteiger partial charge in [0.25, 0.3) is 0 Å². The minimum absolute atomic E-state index is 0.756. The molecule has 1 fully saturated rings. The van der Waals surface area contributed by atoms with Gasteiger partial charge >= 0.3 is 0 Å².